The van der Waals surface area contributed by atoms with Gasteiger partial charge in [0.25, 0.3) is 0 Å². The molecular weight excluding hydrogens is 256 g/mol. The molecule has 0 spiro atoms. The van der Waals surface area contributed by atoms with E-state index in [0.717, 1.165) is 43.2 Å². The summed E-state index contributed by atoms with van der Waals surface area (Å²) >= 11 is 0. The standard InChI is InChI=1S/C15H18N2O3/c1-16-6-8-17(9-7-16)15(18)5-3-12-2-4-13-14(10-12)20-11-19-13/h2-5,10H,6-9,11H2,1H3/p+1/b5-3+. The molecule has 0 bridgehead atoms. The number of benzene rings is 1. The Kier molecular flexibility index (Phi) is 3.60. The van der Waals surface area contributed by atoms with E-state index in [-0.39, 0.29) is 12.7 Å². The first-order valence-corrected chi connectivity index (χ1v) is 6.90. The highest BCUT2D eigenvalue weighted by atomic mass is 16.7. The molecule has 0 aromatic heterocycles. The molecule has 2 aliphatic rings. The number of piperazine rings is 1. The van der Waals surface area contributed by atoms with Crippen LogP contribution < -0.4 is 14.4 Å². The SMILES string of the molecule is C[NH+]1CCN(C(=O)/C=C/c2ccc3c(c2)OCO3)CC1. The molecular formula is C15H19N2O3+. The summed E-state index contributed by atoms with van der Waals surface area (Å²) in [6, 6.07) is 5.68. The maximum Gasteiger partial charge on any atom is 0.246 e. The smallest absolute Gasteiger partial charge is 0.246 e. The van der Waals surface area contributed by atoms with Gasteiger partial charge < -0.3 is 19.3 Å². The average molecular weight is 275 g/mol. The molecule has 20 heavy (non-hydrogen) atoms. The molecule has 0 saturated carbocycles. The molecule has 1 saturated heterocycles. The van der Waals surface area contributed by atoms with Gasteiger partial charge in [0.1, 0.15) is 0 Å². The predicted octanol–water partition coefficient (Wildman–Crippen LogP) is -0.215. The third-order valence-electron chi connectivity index (χ3n) is 3.74. The molecule has 5 heteroatoms. The van der Waals surface area contributed by atoms with Crippen LogP contribution in [0.4, 0.5) is 0 Å². The fraction of sp³-hybridized carbons (Fsp3) is 0.400. The summed E-state index contributed by atoms with van der Waals surface area (Å²) in [6.45, 7) is 3.96. The van der Waals surface area contributed by atoms with Gasteiger partial charge in [-0.3, -0.25) is 4.79 Å². The average Bonchev–Trinajstić information content (AvgIpc) is 2.93. The molecule has 3 rings (SSSR count). The molecule has 2 heterocycles. The van der Waals surface area contributed by atoms with Gasteiger partial charge in [0.2, 0.25) is 12.7 Å². The van der Waals surface area contributed by atoms with Gasteiger partial charge in [-0.15, -0.1) is 0 Å². The minimum Gasteiger partial charge on any atom is -0.454 e. The van der Waals surface area contributed by atoms with Crippen molar-refractivity contribution in [2.45, 2.75) is 0 Å². The van der Waals surface area contributed by atoms with Crippen molar-refractivity contribution in [3.05, 3.63) is 29.8 Å². The molecule has 1 aromatic carbocycles. The minimum atomic E-state index is 0.0789. The molecule has 5 nitrogen and oxygen atoms in total. The van der Waals surface area contributed by atoms with Crippen molar-refractivity contribution in [2.24, 2.45) is 0 Å². The second-order valence-electron chi connectivity index (χ2n) is 5.23. The van der Waals surface area contributed by atoms with Crippen molar-refractivity contribution in [3.8, 4) is 11.5 Å². The molecule has 0 atom stereocenters. The number of nitrogens with one attached hydrogen (secondary N) is 1. The summed E-state index contributed by atoms with van der Waals surface area (Å²) in [6.07, 6.45) is 3.47. The van der Waals surface area contributed by atoms with Crippen LogP contribution in [-0.4, -0.2) is 50.8 Å². The summed E-state index contributed by atoms with van der Waals surface area (Å²) in [7, 11) is 2.16. The zero-order chi connectivity index (χ0) is 13.9. The van der Waals surface area contributed by atoms with E-state index < -0.39 is 0 Å². The van der Waals surface area contributed by atoms with Gasteiger partial charge in [-0.2, -0.15) is 0 Å². The highest BCUT2D eigenvalue weighted by molar-refractivity contribution is 5.91. The Labute approximate surface area is 118 Å². The number of carbonyl (C=O) groups is 1. The highest BCUT2D eigenvalue weighted by Crippen LogP contribution is 2.32. The van der Waals surface area contributed by atoms with Gasteiger partial charge in [-0.25, -0.2) is 0 Å². The first-order chi connectivity index (χ1) is 9.72. The van der Waals surface area contributed by atoms with Crippen LogP contribution in [-0.2, 0) is 4.79 Å². The molecule has 1 aromatic rings. The Bertz CT molecular complexity index is 534. The van der Waals surface area contributed by atoms with Crippen LogP contribution in [0.5, 0.6) is 11.5 Å². The Balaban J connectivity index is 1.63. The van der Waals surface area contributed by atoms with E-state index in [1.165, 1.54) is 4.90 Å². The Morgan fingerprint density at radius 1 is 1.25 bits per heavy atom. The van der Waals surface area contributed by atoms with E-state index in [1.807, 2.05) is 29.2 Å². The monoisotopic (exact) mass is 275 g/mol. The number of hydrogen-bond donors (Lipinski definition) is 1. The molecule has 0 radical (unpaired) electrons. The Hall–Kier alpha value is -2.01. The number of nitrogens with zero attached hydrogens (tertiary/aromatic N) is 1. The van der Waals surface area contributed by atoms with Crippen LogP contribution in [0.1, 0.15) is 5.56 Å². The summed E-state index contributed by atoms with van der Waals surface area (Å²) in [4.78, 5) is 15.5. The van der Waals surface area contributed by atoms with Crippen molar-refractivity contribution in [3.63, 3.8) is 0 Å². The maximum atomic E-state index is 12.1. The third kappa shape index (κ3) is 2.77. The lowest BCUT2D eigenvalue weighted by Gasteiger charge is -2.29. The van der Waals surface area contributed by atoms with Crippen molar-refractivity contribution in [1.29, 1.82) is 0 Å². The van der Waals surface area contributed by atoms with Crippen LogP contribution >= 0.6 is 0 Å². The van der Waals surface area contributed by atoms with Crippen LogP contribution in [0.25, 0.3) is 6.08 Å². The van der Waals surface area contributed by atoms with Gasteiger partial charge in [0.15, 0.2) is 11.5 Å². The zero-order valence-corrected chi connectivity index (χ0v) is 11.6. The van der Waals surface area contributed by atoms with Crippen molar-refractivity contribution in [2.75, 3.05) is 40.0 Å². The summed E-state index contributed by atoms with van der Waals surface area (Å²) < 4.78 is 10.6. The number of hydrogen-bond acceptors (Lipinski definition) is 3. The lowest BCUT2D eigenvalue weighted by Crippen LogP contribution is -3.12. The minimum absolute atomic E-state index is 0.0789. The van der Waals surface area contributed by atoms with E-state index in [4.69, 9.17) is 9.47 Å². The third-order valence-corrected chi connectivity index (χ3v) is 3.74. The largest absolute Gasteiger partial charge is 0.454 e. The number of quaternary nitrogens is 1. The predicted molar refractivity (Wildman–Crippen MR) is 74.8 cm³/mol. The molecule has 1 amide bonds. The highest BCUT2D eigenvalue weighted by Gasteiger charge is 2.19. The van der Waals surface area contributed by atoms with E-state index >= 15 is 0 Å². The van der Waals surface area contributed by atoms with E-state index in [2.05, 4.69) is 7.05 Å². The maximum absolute atomic E-state index is 12.1. The molecule has 0 unspecified atom stereocenters. The molecule has 0 aliphatic carbocycles. The van der Waals surface area contributed by atoms with Crippen molar-refractivity contribution < 1.29 is 19.2 Å². The van der Waals surface area contributed by atoms with Gasteiger partial charge >= 0.3 is 0 Å². The van der Waals surface area contributed by atoms with Gasteiger partial charge in [0, 0.05) is 6.08 Å². The van der Waals surface area contributed by atoms with Gasteiger partial charge in [-0.1, -0.05) is 6.07 Å². The topological polar surface area (TPSA) is 43.2 Å². The number of carbonyl (C=O) groups excluding carboxylic acids is 1. The van der Waals surface area contributed by atoms with Crippen LogP contribution in [0.15, 0.2) is 24.3 Å². The Morgan fingerprint density at radius 3 is 2.80 bits per heavy atom. The van der Waals surface area contributed by atoms with Gasteiger partial charge in [-0.05, 0) is 23.8 Å². The first-order valence-electron chi connectivity index (χ1n) is 6.90. The second-order valence-corrected chi connectivity index (χ2v) is 5.23. The molecule has 1 fully saturated rings. The number of amides is 1. The van der Waals surface area contributed by atoms with Crippen molar-refractivity contribution in [1.82, 2.24) is 4.90 Å². The van der Waals surface area contributed by atoms with Crippen LogP contribution in [0, 0.1) is 0 Å². The number of fused-ring (bicyclic) bond motifs is 1. The molecule has 1 N–H and O–H groups in total. The van der Waals surface area contributed by atoms with Crippen molar-refractivity contribution >= 4 is 12.0 Å². The normalized spacial score (nSPS) is 18.8. The Morgan fingerprint density at radius 2 is 2.00 bits per heavy atom. The number of ether oxygens (including phenoxy) is 2. The summed E-state index contributed by atoms with van der Waals surface area (Å²) in [5, 5.41) is 0. The van der Waals surface area contributed by atoms with E-state index in [1.54, 1.807) is 6.08 Å². The fourth-order valence-electron chi connectivity index (χ4n) is 2.40. The lowest BCUT2D eigenvalue weighted by molar-refractivity contribution is -0.883. The first kappa shape index (κ1) is 13.0. The molecule has 2 aliphatic heterocycles. The lowest BCUT2D eigenvalue weighted by atomic mass is 10.2. The van der Waals surface area contributed by atoms with E-state index in [0.29, 0.717) is 0 Å². The van der Waals surface area contributed by atoms with E-state index in [9.17, 15) is 4.79 Å². The van der Waals surface area contributed by atoms with Crippen LogP contribution in [0.2, 0.25) is 0 Å². The number of likely N-dealkylation sites (N-methyl/N-ethyl adjacent to an activating group) is 1. The van der Waals surface area contributed by atoms with Gasteiger partial charge in [0.05, 0.1) is 33.2 Å². The number of rotatable bonds is 2. The second kappa shape index (κ2) is 5.54. The van der Waals surface area contributed by atoms with Crippen LogP contribution in [0.3, 0.4) is 0 Å². The quantitative estimate of drug-likeness (QED) is 0.759. The molecule has 106 valence electrons. The summed E-state index contributed by atoms with van der Waals surface area (Å²) in [5.74, 6) is 1.58. The zero-order valence-electron chi connectivity index (χ0n) is 11.6. The summed E-state index contributed by atoms with van der Waals surface area (Å²) in [5.41, 5.74) is 0.947. The fourth-order valence-corrected chi connectivity index (χ4v) is 2.40.